The van der Waals surface area contributed by atoms with E-state index in [9.17, 15) is 4.79 Å². The monoisotopic (exact) mass is 407 g/mol. The Balaban J connectivity index is 1.27. The first-order chi connectivity index (χ1) is 14.8. The van der Waals surface area contributed by atoms with Crippen molar-refractivity contribution in [2.45, 2.75) is 19.1 Å². The highest BCUT2D eigenvalue weighted by atomic mass is 16.5. The molecule has 1 saturated heterocycles. The number of carbonyl (C=O) groups is 1. The Labute approximate surface area is 175 Å². The summed E-state index contributed by atoms with van der Waals surface area (Å²) in [5.41, 5.74) is 1.92. The van der Waals surface area contributed by atoms with Crippen LogP contribution < -0.4 is 10.1 Å². The molecule has 7 nitrogen and oxygen atoms in total. The van der Waals surface area contributed by atoms with Crippen LogP contribution >= 0.6 is 0 Å². The fourth-order valence-electron chi connectivity index (χ4n) is 3.39. The molecule has 0 bridgehead atoms. The van der Waals surface area contributed by atoms with E-state index >= 15 is 0 Å². The Hall–Kier alpha value is -3.32. The summed E-state index contributed by atoms with van der Waals surface area (Å²) in [6, 6.07) is 19.2. The van der Waals surface area contributed by atoms with Gasteiger partial charge in [-0.1, -0.05) is 30.3 Å². The summed E-state index contributed by atoms with van der Waals surface area (Å²) >= 11 is 0. The van der Waals surface area contributed by atoms with Crippen LogP contribution in [0.15, 0.2) is 73.1 Å². The lowest BCUT2D eigenvalue weighted by atomic mass is 9.97. The summed E-state index contributed by atoms with van der Waals surface area (Å²) in [5.74, 6) is 0.815. The number of nitrogens with zero attached hydrogens (tertiary/aromatic N) is 2. The Bertz CT molecular complexity index is 913. The van der Waals surface area contributed by atoms with Gasteiger partial charge in [0.1, 0.15) is 12.4 Å². The maximum Gasteiger partial charge on any atom is 0.407 e. The average Bonchev–Trinajstić information content (AvgIpc) is 3.33. The molecule has 3 aromatic rings. The average molecular weight is 407 g/mol. The normalized spacial score (nSPS) is 18.5. The van der Waals surface area contributed by atoms with E-state index in [4.69, 9.17) is 14.2 Å². The molecule has 1 fully saturated rings. The molecule has 1 aliphatic rings. The van der Waals surface area contributed by atoms with Gasteiger partial charge in [-0.2, -0.15) is 5.10 Å². The van der Waals surface area contributed by atoms with Crippen molar-refractivity contribution >= 4 is 6.09 Å². The molecule has 0 spiro atoms. The lowest BCUT2D eigenvalue weighted by Crippen LogP contribution is -2.47. The highest BCUT2D eigenvalue weighted by Crippen LogP contribution is 2.19. The molecule has 2 heterocycles. The second-order valence-corrected chi connectivity index (χ2v) is 7.19. The van der Waals surface area contributed by atoms with E-state index in [0.717, 1.165) is 23.4 Å². The number of hydrogen-bond acceptors (Lipinski definition) is 5. The van der Waals surface area contributed by atoms with Crippen molar-refractivity contribution in [2.75, 3.05) is 19.8 Å². The molecule has 0 aliphatic carbocycles. The van der Waals surface area contributed by atoms with Crippen molar-refractivity contribution in [1.29, 1.82) is 0 Å². The van der Waals surface area contributed by atoms with E-state index in [1.165, 1.54) is 0 Å². The molecule has 2 aromatic carbocycles. The third kappa shape index (κ3) is 5.39. The molecule has 4 rings (SSSR count). The van der Waals surface area contributed by atoms with E-state index in [2.05, 4.69) is 10.4 Å². The second kappa shape index (κ2) is 9.93. The molecule has 7 heteroatoms. The van der Waals surface area contributed by atoms with Crippen LogP contribution in [0.5, 0.6) is 5.75 Å². The maximum atomic E-state index is 12.2. The van der Waals surface area contributed by atoms with Crippen LogP contribution in [0.2, 0.25) is 0 Å². The zero-order valence-electron chi connectivity index (χ0n) is 16.6. The van der Waals surface area contributed by atoms with Crippen molar-refractivity contribution < 1.29 is 19.0 Å². The minimum atomic E-state index is -0.417. The highest BCUT2D eigenvalue weighted by Gasteiger charge is 2.28. The lowest BCUT2D eigenvalue weighted by Gasteiger charge is -2.31. The molecule has 1 N–H and O–H groups in total. The Morgan fingerprint density at radius 2 is 1.97 bits per heavy atom. The topological polar surface area (TPSA) is 74.6 Å². The van der Waals surface area contributed by atoms with Crippen molar-refractivity contribution in [3.8, 4) is 11.4 Å². The predicted octanol–water partition coefficient (Wildman–Crippen LogP) is 3.58. The molecular formula is C23H25N3O4. The van der Waals surface area contributed by atoms with Gasteiger partial charge in [0.25, 0.3) is 0 Å². The van der Waals surface area contributed by atoms with Crippen LogP contribution in [-0.2, 0) is 16.1 Å². The van der Waals surface area contributed by atoms with E-state index in [0.29, 0.717) is 19.8 Å². The Kier molecular flexibility index (Phi) is 6.61. The first-order valence-corrected chi connectivity index (χ1v) is 10.1. The van der Waals surface area contributed by atoms with E-state index in [-0.39, 0.29) is 18.6 Å². The quantitative estimate of drug-likeness (QED) is 0.648. The van der Waals surface area contributed by atoms with Gasteiger partial charge in [-0.25, -0.2) is 9.48 Å². The number of nitrogens with one attached hydrogen (secondary N) is 1. The predicted molar refractivity (Wildman–Crippen MR) is 112 cm³/mol. The molecule has 156 valence electrons. The van der Waals surface area contributed by atoms with Gasteiger partial charge < -0.3 is 19.5 Å². The van der Waals surface area contributed by atoms with Gasteiger partial charge in [0.05, 0.1) is 18.9 Å². The molecule has 2 atom stereocenters. The van der Waals surface area contributed by atoms with Crippen molar-refractivity contribution in [3.63, 3.8) is 0 Å². The van der Waals surface area contributed by atoms with Gasteiger partial charge in [-0.05, 0) is 42.3 Å². The Morgan fingerprint density at radius 3 is 2.73 bits per heavy atom. The third-order valence-electron chi connectivity index (χ3n) is 5.06. The zero-order chi connectivity index (χ0) is 20.6. The first-order valence-electron chi connectivity index (χ1n) is 10.1. The number of amides is 1. The van der Waals surface area contributed by atoms with Gasteiger partial charge in [0.2, 0.25) is 0 Å². The molecule has 0 saturated carbocycles. The van der Waals surface area contributed by atoms with Gasteiger partial charge in [0, 0.05) is 31.0 Å². The summed E-state index contributed by atoms with van der Waals surface area (Å²) < 4.78 is 18.7. The number of ether oxygens (including phenoxy) is 3. The van der Waals surface area contributed by atoms with Crippen LogP contribution in [0.1, 0.15) is 12.0 Å². The molecule has 1 amide bonds. The van der Waals surface area contributed by atoms with Gasteiger partial charge in [0.15, 0.2) is 0 Å². The van der Waals surface area contributed by atoms with Gasteiger partial charge in [-0.3, -0.25) is 0 Å². The van der Waals surface area contributed by atoms with Crippen LogP contribution in [0.4, 0.5) is 4.79 Å². The maximum absolute atomic E-state index is 12.2. The van der Waals surface area contributed by atoms with Crippen LogP contribution in [0.3, 0.4) is 0 Å². The van der Waals surface area contributed by atoms with Crippen molar-refractivity contribution in [3.05, 3.63) is 78.6 Å². The van der Waals surface area contributed by atoms with E-state index in [1.807, 2.05) is 66.9 Å². The minimum absolute atomic E-state index is 0.0498. The van der Waals surface area contributed by atoms with Crippen LogP contribution in [0.25, 0.3) is 5.69 Å². The lowest BCUT2D eigenvalue weighted by molar-refractivity contribution is 0.0119. The van der Waals surface area contributed by atoms with Crippen LogP contribution in [0, 0.1) is 5.92 Å². The third-order valence-corrected chi connectivity index (χ3v) is 5.06. The number of carbonyl (C=O) groups excluding carboxylic acids is 1. The number of aromatic nitrogens is 2. The van der Waals surface area contributed by atoms with Gasteiger partial charge in [-0.15, -0.1) is 0 Å². The molecule has 1 aliphatic heterocycles. The molecular weight excluding hydrogens is 382 g/mol. The molecule has 1 aromatic heterocycles. The first kappa shape index (κ1) is 20.0. The fourth-order valence-corrected chi connectivity index (χ4v) is 3.39. The van der Waals surface area contributed by atoms with Crippen LogP contribution in [-0.4, -0.2) is 41.7 Å². The minimum Gasteiger partial charge on any atom is -0.493 e. The summed E-state index contributed by atoms with van der Waals surface area (Å²) in [4.78, 5) is 12.2. The zero-order valence-corrected chi connectivity index (χ0v) is 16.6. The number of alkyl carbamates (subject to hydrolysis) is 1. The molecule has 30 heavy (non-hydrogen) atoms. The Morgan fingerprint density at radius 1 is 1.13 bits per heavy atom. The number of rotatable bonds is 7. The summed E-state index contributed by atoms with van der Waals surface area (Å²) in [7, 11) is 0. The standard InChI is InChI=1S/C23H25N3O4/c27-23(30-15-18-5-2-1-3-6-18)25-22-11-14-28-16-19(22)17-29-21-9-7-20(8-10-21)26-13-4-12-24-26/h1-10,12-13,19,22H,11,14-17H2,(H,25,27)/t19-,22+/m0/s1. The molecule has 0 radical (unpaired) electrons. The fraction of sp³-hybridized carbons (Fsp3) is 0.304. The number of benzene rings is 2. The summed E-state index contributed by atoms with van der Waals surface area (Å²) in [5, 5.41) is 7.19. The molecule has 0 unspecified atom stereocenters. The van der Waals surface area contributed by atoms with Crippen molar-refractivity contribution in [2.24, 2.45) is 5.92 Å². The summed E-state index contributed by atoms with van der Waals surface area (Å²) in [6.07, 6.45) is 3.94. The highest BCUT2D eigenvalue weighted by molar-refractivity contribution is 5.67. The summed E-state index contributed by atoms with van der Waals surface area (Å²) in [6.45, 7) is 1.85. The van der Waals surface area contributed by atoms with E-state index in [1.54, 1.807) is 10.9 Å². The smallest absolute Gasteiger partial charge is 0.407 e. The second-order valence-electron chi connectivity index (χ2n) is 7.19. The largest absolute Gasteiger partial charge is 0.493 e. The van der Waals surface area contributed by atoms with Crippen molar-refractivity contribution in [1.82, 2.24) is 15.1 Å². The number of hydrogen-bond donors (Lipinski definition) is 1. The van der Waals surface area contributed by atoms with E-state index < -0.39 is 6.09 Å². The SMILES string of the molecule is O=C(N[C@@H]1CCOC[C@H]1COc1ccc(-n2cccn2)cc1)OCc1ccccc1. The van der Waals surface area contributed by atoms with Gasteiger partial charge >= 0.3 is 6.09 Å².